The van der Waals surface area contributed by atoms with Gasteiger partial charge in [-0.05, 0) is 51.4 Å². The Hall–Kier alpha value is -2.71. The van der Waals surface area contributed by atoms with Crippen molar-refractivity contribution in [1.29, 1.82) is 0 Å². The number of rotatable bonds is 37. The number of carbonyl (C=O) groups is 3. The van der Waals surface area contributed by atoms with Crippen molar-refractivity contribution in [1.82, 2.24) is 0 Å². The van der Waals surface area contributed by atoms with E-state index in [0.717, 1.165) is 77.0 Å². The molecule has 0 aliphatic heterocycles. The van der Waals surface area contributed by atoms with Crippen LogP contribution in [-0.2, 0) is 28.6 Å². The maximum Gasteiger partial charge on any atom is 0.362 e. The van der Waals surface area contributed by atoms with Crippen LogP contribution >= 0.6 is 0 Å². The van der Waals surface area contributed by atoms with Crippen LogP contribution in [0.5, 0.6) is 0 Å². The quantitative estimate of drug-likeness (QED) is 0.0292. The van der Waals surface area contributed by atoms with E-state index in [1.165, 1.54) is 57.8 Å². The first-order chi connectivity index (χ1) is 25.6. The summed E-state index contributed by atoms with van der Waals surface area (Å²) >= 11 is 0. The third-order valence-corrected chi connectivity index (χ3v) is 9.24. The molecule has 0 aliphatic carbocycles. The molecule has 0 aromatic heterocycles. The van der Waals surface area contributed by atoms with Crippen molar-refractivity contribution in [2.24, 2.45) is 0 Å². The number of carboxylic acids is 1. The van der Waals surface area contributed by atoms with Gasteiger partial charge in [0, 0.05) is 19.3 Å². The molecule has 1 N–H and O–H groups in total. The number of quaternary nitrogens is 1. The van der Waals surface area contributed by atoms with Crippen molar-refractivity contribution in [3.8, 4) is 0 Å². The summed E-state index contributed by atoms with van der Waals surface area (Å²) in [6.07, 6.45) is 41.5. The number of hydrogen-bond donors (Lipinski definition) is 1. The molecule has 2 atom stereocenters. The van der Waals surface area contributed by atoms with E-state index in [0.29, 0.717) is 19.3 Å². The Morgan fingerprint density at radius 3 is 1.57 bits per heavy atom. The Morgan fingerprint density at radius 1 is 0.585 bits per heavy atom. The van der Waals surface area contributed by atoms with Gasteiger partial charge in [0.2, 0.25) is 0 Å². The van der Waals surface area contributed by atoms with Gasteiger partial charge >= 0.3 is 17.9 Å². The van der Waals surface area contributed by atoms with Crippen molar-refractivity contribution in [3.63, 3.8) is 0 Å². The van der Waals surface area contributed by atoms with Crippen LogP contribution in [0.25, 0.3) is 0 Å². The number of carboxylic acid groups (broad SMARTS) is 1. The van der Waals surface area contributed by atoms with Crippen LogP contribution in [0.3, 0.4) is 0 Å². The van der Waals surface area contributed by atoms with Gasteiger partial charge in [-0.15, -0.1) is 0 Å². The Labute approximate surface area is 325 Å². The van der Waals surface area contributed by atoms with Crippen molar-refractivity contribution < 1.29 is 38.2 Å². The molecule has 0 heterocycles. The molecule has 0 bridgehead atoms. The van der Waals surface area contributed by atoms with Gasteiger partial charge < -0.3 is 23.8 Å². The summed E-state index contributed by atoms with van der Waals surface area (Å²) in [7, 11) is 5.51. The minimum absolute atomic E-state index is 0.0556. The van der Waals surface area contributed by atoms with E-state index in [9.17, 15) is 19.5 Å². The molecule has 8 nitrogen and oxygen atoms in total. The average molecular weight is 747 g/mol. The SMILES string of the molecule is CC/C=C/C/C=C/C/C=C/C/C=C/CCCCCCCCC(=O)OC(COCCC(C(=O)O)[N+](C)(C)C)COC(=O)CCCCCCCCCCCC. The second-order valence-corrected chi connectivity index (χ2v) is 15.2. The van der Waals surface area contributed by atoms with E-state index in [2.05, 4.69) is 62.5 Å². The molecule has 0 fully saturated rings. The lowest BCUT2D eigenvalue weighted by Gasteiger charge is -2.31. The van der Waals surface area contributed by atoms with E-state index >= 15 is 0 Å². The van der Waals surface area contributed by atoms with Gasteiger partial charge in [0.1, 0.15) is 6.61 Å². The van der Waals surface area contributed by atoms with Gasteiger partial charge in [0.25, 0.3) is 0 Å². The molecule has 53 heavy (non-hydrogen) atoms. The van der Waals surface area contributed by atoms with Crippen molar-refractivity contribution >= 4 is 17.9 Å². The molecule has 2 unspecified atom stereocenters. The highest BCUT2D eigenvalue weighted by Gasteiger charge is 2.31. The zero-order valence-corrected chi connectivity index (χ0v) is 34.7. The molecule has 0 aromatic rings. The molecule has 0 spiro atoms. The first-order valence-electron chi connectivity index (χ1n) is 21.2. The lowest BCUT2D eigenvalue weighted by Crippen LogP contribution is -2.50. The lowest BCUT2D eigenvalue weighted by molar-refractivity contribution is -0.887. The molecule has 0 rings (SSSR count). The number of unbranched alkanes of at least 4 members (excludes halogenated alkanes) is 15. The van der Waals surface area contributed by atoms with Crippen LogP contribution in [0.2, 0.25) is 0 Å². The fourth-order valence-corrected chi connectivity index (χ4v) is 5.96. The molecule has 0 aliphatic rings. The van der Waals surface area contributed by atoms with Crippen LogP contribution in [0, 0.1) is 0 Å². The molecule has 306 valence electrons. The Balaban J connectivity index is 4.36. The predicted octanol–water partition coefficient (Wildman–Crippen LogP) is 11.2. The number of nitrogens with zero attached hydrogens (tertiary/aromatic N) is 1. The minimum atomic E-state index is -0.879. The predicted molar refractivity (Wildman–Crippen MR) is 220 cm³/mol. The number of allylic oxidation sites excluding steroid dienone is 8. The first-order valence-corrected chi connectivity index (χ1v) is 21.2. The summed E-state index contributed by atoms with van der Waals surface area (Å²) < 4.78 is 17.2. The van der Waals surface area contributed by atoms with Gasteiger partial charge in [0.15, 0.2) is 12.1 Å². The molecular weight excluding hydrogens is 666 g/mol. The van der Waals surface area contributed by atoms with Crippen molar-refractivity contribution in [2.75, 3.05) is 41.0 Å². The van der Waals surface area contributed by atoms with Crippen LogP contribution in [0.1, 0.15) is 168 Å². The zero-order valence-electron chi connectivity index (χ0n) is 34.7. The van der Waals surface area contributed by atoms with Gasteiger partial charge in [-0.1, -0.05) is 146 Å². The van der Waals surface area contributed by atoms with Crippen molar-refractivity contribution in [3.05, 3.63) is 48.6 Å². The molecule has 0 amide bonds. The number of likely N-dealkylation sites (N-methyl/N-ethyl adjacent to an activating group) is 1. The third kappa shape index (κ3) is 34.8. The second kappa shape index (κ2) is 36.3. The maximum absolute atomic E-state index is 12.7. The molecule has 0 saturated carbocycles. The largest absolute Gasteiger partial charge is 0.477 e. The topological polar surface area (TPSA) is 99.1 Å². The number of hydrogen-bond acceptors (Lipinski definition) is 6. The van der Waals surface area contributed by atoms with E-state index in [-0.39, 0.29) is 36.2 Å². The standard InChI is InChI=1S/C45H79NO7/c1-6-8-10-12-14-16-18-19-20-21-22-23-24-25-26-28-30-32-34-36-44(48)53-41(39-51-38-37-42(45(49)50)46(3,4)5)40-52-43(47)35-33-31-29-27-17-15-13-11-9-7-2/h8,10,14,16,19-20,22-23,41-42H,6-7,9,11-13,15,17-18,21,24-40H2,1-5H3/p+1/b10-8+,16-14+,20-19+,23-22+. The molecule has 0 aromatic carbocycles. The van der Waals surface area contributed by atoms with E-state index in [4.69, 9.17) is 14.2 Å². The minimum Gasteiger partial charge on any atom is -0.477 e. The summed E-state index contributed by atoms with van der Waals surface area (Å²) in [6, 6.07) is -0.616. The highest BCUT2D eigenvalue weighted by atomic mass is 16.6. The smallest absolute Gasteiger partial charge is 0.362 e. The second-order valence-electron chi connectivity index (χ2n) is 15.2. The summed E-state index contributed by atoms with van der Waals surface area (Å²) in [5.74, 6) is -1.49. The van der Waals surface area contributed by atoms with Crippen LogP contribution < -0.4 is 0 Å². The Kier molecular flexibility index (Phi) is 34.4. The first kappa shape index (κ1) is 50.3. The van der Waals surface area contributed by atoms with Crippen LogP contribution in [0.15, 0.2) is 48.6 Å². The number of aliphatic carboxylic acids is 1. The van der Waals surface area contributed by atoms with Gasteiger partial charge in [0.05, 0.1) is 34.4 Å². The molecule has 0 saturated heterocycles. The van der Waals surface area contributed by atoms with E-state index < -0.39 is 18.1 Å². The van der Waals surface area contributed by atoms with Crippen LogP contribution in [-0.4, -0.2) is 80.6 Å². The highest BCUT2D eigenvalue weighted by molar-refractivity contribution is 5.72. The maximum atomic E-state index is 12.7. The normalized spacial score (nSPS) is 13.5. The fourth-order valence-electron chi connectivity index (χ4n) is 5.96. The average Bonchev–Trinajstić information content (AvgIpc) is 3.11. The van der Waals surface area contributed by atoms with E-state index in [1.807, 2.05) is 21.1 Å². The number of esters is 2. The summed E-state index contributed by atoms with van der Waals surface area (Å²) in [6.45, 7) is 4.59. The molecule has 8 heteroatoms. The Bertz CT molecular complexity index is 1010. The monoisotopic (exact) mass is 747 g/mol. The molecule has 0 radical (unpaired) electrons. The summed E-state index contributed by atoms with van der Waals surface area (Å²) in [5.41, 5.74) is 0. The highest BCUT2D eigenvalue weighted by Crippen LogP contribution is 2.14. The van der Waals surface area contributed by atoms with Gasteiger partial charge in [-0.2, -0.15) is 0 Å². The van der Waals surface area contributed by atoms with E-state index in [1.54, 1.807) is 0 Å². The van der Waals surface area contributed by atoms with Gasteiger partial charge in [-0.3, -0.25) is 9.59 Å². The zero-order chi connectivity index (χ0) is 39.3. The lowest BCUT2D eigenvalue weighted by atomic mass is 10.1. The number of carbonyl (C=O) groups excluding carboxylic acids is 2. The van der Waals surface area contributed by atoms with Gasteiger partial charge in [-0.25, -0.2) is 4.79 Å². The van der Waals surface area contributed by atoms with Crippen molar-refractivity contribution in [2.45, 2.75) is 180 Å². The summed E-state index contributed by atoms with van der Waals surface area (Å²) in [4.78, 5) is 36.9. The third-order valence-electron chi connectivity index (χ3n) is 9.24. The van der Waals surface area contributed by atoms with Crippen LogP contribution in [0.4, 0.5) is 0 Å². The summed E-state index contributed by atoms with van der Waals surface area (Å²) in [5, 5.41) is 9.60. The Morgan fingerprint density at radius 2 is 1.06 bits per heavy atom. The number of ether oxygens (including phenoxy) is 3. The molecular formula is C45H80NO7+. The fraction of sp³-hybridized carbons (Fsp3) is 0.756.